The van der Waals surface area contributed by atoms with Gasteiger partial charge in [0.1, 0.15) is 0 Å². The highest BCUT2D eigenvalue weighted by Gasteiger charge is 2.32. The number of anilines is 1. The number of carbonyl (C=O) groups is 1. The summed E-state index contributed by atoms with van der Waals surface area (Å²) in [5.74, 6) is -0.326. The molecule has 3 rings (SSSR count). The normalized spacial score (nSPS) is 25.4. The lowest BCUT2D eigenvalue weighted by Crippen LogP contribution is -2.42. The van der Waals surface area contributed by atoms with Gasteiger partial charge in [0.15, 0.2) is 0 Å². The number of nitrogens with zero attached hydrogens (tertiary/aromatic N) is 1. The van der Waals surface area contributed by atoms with E-state index in [1.165, 1.54) is 26.5 Å². The topological polar surface area (TPSA) is 41.6 Å². The van der Waals surface area contributed by atoms with E-state index >= 15 is 0 Å². The monoisotopic (exact) mass is 308 g/mol. The summed E-state index contributed by atoms with van der Waals surface area (Å²) < 4.78 is 4.85. The van der Waals surface area contributed by atoms with Crippen LogP contribution in [0.15, 0.2) is 18.2 Å². The first-order valence-corrected chi connectivity index (χ1v) is 7.93. The molecule has 2 saturated heterocycles. The SMILES string of the molecule is COC(=O)c1ccc(Cl)cc1NC1CCN2CCCC2C1. The zero-order chi connectivity index (χ0) is 14.8. The molecule has 2 aliphatic rings. The Morgan fingerprint density at radius 3 is 3.05 bits per heavy atom. The van der Waals surface area contributed by atoms with Crippen molar-refractivity contribution in [3.63, 3.8) is 0 Å². The number of ether oxygens (including phenoxy) is 1. The predicted molar refractivity (Wildman–Crippen MR) is 84.0 cm³/mol. The van der Waals surface area contributed by atoms with Crippen molar-refractivity contribution in [2.45, 2.75) is 37.8 Å². The van der Waals surface area contributed by atoms with Crippen LogP contribution in [0.3, 0.4) is 0 Å². The molecule has 0 bridgehead atoms. The van der Waals surface area contributed by atoms with Crippen LogP contribution in [-0.4, -0.2) is 43.2 Å². The number of hydrogen-bond acceptors (Lipinski definition) is 4. The summed E-state index contributed by atoms with van der Waals surface area (Å²) in [5.41, 5.74) is 1.33. The second-order valence-corrected chi connectivity index (χ2v) is 6.32. The first-order valence-electron chi connectivity index (χ1n) is 7.56. The van der Waals surface area contributed by atoms with Gasteiger partial charge in [0, 0.05) is 23.7 Å². The summed E-state index contributed by atoms with van der Waals surface area (Å²) in [6, 6.07) is 6.34. The fraction of sp³-hybridized carbons (Fsp3) is 0.562. The third-order valence-corrected chi connectivity index (χ3v) is 4.80. The van der Waals surface area contributed by atoms with E-state index in [9.17, 15) is 4.79 Å². The molecule has 1 N–H and O–H groups in total. The van der Waals surface area contributed by atoms with E-state index < -0.39 is 0 Å². The Labute approximate surface area is 130 Å². The largest absolute Gasteiger partial charge is 0.465 e. The Kier molecular flexibility index (Phi) is 4.36. The molecule has 2 fully saturated rings. The van der Waals surface area contributed by atoms with Crippen molar-refractivity contribution in [2.75, 3.05) is 25.5 Å². The molecule has 1 aromatic carbocycles. The van der Waals surface area contributed by atoms with Gasteiger partial charge in [-0.05, 0) is 50.4 Å². The third kappa shape index (κ3) is 3.16. The second-order valence-electron chi connectivity index (χ2n) is 5.88. The number of hydrogen-bond donors (Lipinski definition) is 1. The third-order valence-electron chi connectivity index (χ3n) is 4.57. The van der Waals surface area contributed by atoms with Crippen LogP contribution in [0.4, 0.5) is 5.69 Å². The highest BCUT2D eigenvalue weighted by molar-refractivity contribution is 6.31. The predicted octanol–water partition coefficient (Wildman–Crippen LogP) is 3.17. The number of piperidine rings is 1. The summed E-state index contributed by atoms with van der Waals surface area (Å²) in [6.45, 7) is 2.37. The molecule has 0 amide bonds. The summed E-state index contributed by atoms with van der Waals surface area (Å²) >= 11 is 6.07. The molecule has 0 saturated carbocycles. The Balaban J connectivity index is 1.74. The van der Waals surface area contributed by atoms with Crippen LogP contribution in [0.5, 0.6) is 0 Å². The van der Waals surface area contributed by atoms with Crippen LogP contribution in [0.25, 0.3) is 0 Å². The molecule has 2 unspecified atom stereocenters. The van der Waals surface area contributed by atoms with Crippen LogP contribution in [0, 0.1) is 0 Å². The van der Waals surface area contributed by atoms with Crippen molar-refractivity contribution in [2.24, 2.45) is 0 Å². The minimum atomic E-state index is -0.326. The van der Waals surface area contributed by atoms with Crippen LogP contribution in [0.1, 0.15) is 36.0 Å². The lowest BCUT2D eigenvalue weighted by Gasteiger charge is -2.35. The van der Waals surface area contributed by atoms with E-state index in [0.29, 0.717) is 22.7 Å². The molecule has 2 heterocycles. The first kappa shape index (κ1) is 14.7. The van der Waals surface area contributed by atoms with Gasteiger partial charge < -0.3 is 15.0 Å². The molecular weight excluding hydrogens is 288 g/mol. The quantitative estimate of drug-likeness (QED) is 0.871. The molecule has 114 valence electrons. The minimum absolute atomic E-state index is 0.326. The molecule has 2 atom stereocenters. The molecule has 2 aliphatic heterocycles. The maximum atomic E-state index is 11.9. The number of nitrogens with one attached hydrogen (secondary N) is 1. The molecule has 5 heteroatoms. The molecule has 4 nitrogen and oxygen atoms in total. The Hall–Kier alpha value is -1.26. The van der Waals surface area contributed by atoms with Gasteiger partial charge in [-0.2, -0.15) is 0 Å². The lowest BCUT2D eigenvalue weighted by molar-refractivity contribution is 0.0601. The Morgan fingerprint density at radius 1 is 1.38 bits per heavy atom. The Bertz CT molecular complexity index is 535. The maximum Gasteiger partial charge on any atom is 0.339 e. The summed E-state index contributed by atoms with van der Waals surface area (Å²) in [4.78, 5) is 14.4. The van der Waals surface area contributed by atoms with Crippen LogP contribution < -0.4 is 5.32 Å². The van der Waals surface area contributed by atoms with Gasteiger partial charge in [-0.3, -0.25) is 0 Å². The standard InChI is InChI=1S/C16H21ClN2O2/c1-21-16(20)14-5-4-11(17)9-15(14)18-12-6-8-19-7-2-3-13(19)10-12/h4-5,9,12-13,18H,2-3,6-8,10H2,1H3. The maximum absolute atomic E-state index is 11.9. The van der Waals surface area contributed by atoms with Crippen LogP contribution in [0.2, 0.25) is 5.02 Å². The summed E-state index contributed by atoms with van der Waals surface area (Å²) in [5, 5.41) is 4.13. The molecule has 0 radical (unpaired) electrons. The summed E-state index contributed by atoms with van der Waals surface area (Å²) in [7, 11) is 1.40. The zero-order valence-electron chi connectivity index (χ0n) is 12.3. The summed E-state index contributed by atoms with van der Waals surface area (Å²) in [6.07, 6.45) is 4.83. The molecule has 0 aliphatic carbocycles. The van der Waals surface area contributed by atoms with Gasteiger partial charge in [0.25, 0.3) is 0 Å². The van der Waals surface area contributed by atoms with Crippen molar-refractivity contribution in [3.8, 4) is 0 Å². The molecular formula is C16H21ClN2O2. The van der Waals surface area contributed by atoms with E-state index in [-0.39, 0.29) is 5.97 Å². The number of halogens is 1. The van der Waals surface area contributed by atoms with E-state index in [2.05, 4.69) is 10.2 Å². The van der Waals surface area contributed by atoms with Crippen molar-refractivity contribution in [3.05, 3.63) is 28.8 Å². The fourth-order valence-electron chi connectivity index (χ4n) is 3.50. The smallest absolute Gasteiger partial charge is 0.339 e. The van der Waals surface area contributed by atoms with Crippen LogP contribution >= 0.6 is 11.6 Å². The van der Waals surface area contributed by atoms with Crippen molar-refractivity contribution in [1.82, 2.24) is 4.90 Å². The Morgan fingerprint density at radius 2 is 2.24 bits per heavy atom. The average molecular weight is 309 g/mol. The minimum Gasteiger partial charge on any atom is -0.465 e. The molecule has 21 heavy (non-hydrogen) atoms. The number of esters is 1. The number of carbonyl (C=O) groups excluding carboxylic acids is 1. The first-order chi connectivity index (χ1) is 10.2. The van der Waals surface area contributed by atoms with Gasteiger partial charge >= 0.3 is 5.97 Å². The number of fused-ring (bicyclic) bond motifs is 1. The molecule has 1 aromatic rings. The number of benzene rings is 1. The number of rotatable bonds is 3. The molecule has 0 spiro atoms. The van der Waals surface area contributed by atoms with Gasteiger partial charge in [-0.25, -0.2) is 4.79 Å². The zero-order valence-corrected chi connectivity index (χ0v) is 13.0. The fourth-order valence-corrected chi connectivity index (χ4v) is 3.67. The molecule has 0 aromatic heterocycles. The van der Waals surface area contributed by atoms with Gasteiger partial charge in [0.05, 0.1) is 18.4 Å². The van der Waals surface area contributed by atoms with E-state index in [0.717, 1.165) is 25.1 Å². The second kappa shape index (κ2) is 6.24. The van der Waals surface area contributed by atoms with Gasteiger partial charge in [-0.15, -0.1) is 0 Å². The van der Waals surface area contributed by atoms with Crippen molar-refractivity contribution in [1.29, 1.82) is 0 Å². The van der Waals surface area contributed by atoms with E-state index in [4.69, 9.17) is 16.3 Å². The highest BCUT2D eigenvalue weighted by atomic mass is 35.5. The van der Waals surface area contributed by atoms with E-state index in [1.807, 2.05) is 6.07 Å². The van der Waals surface area contributed by atoms with Crippen LogP contribution in [-0.2, 0) is 4.74 Å². The average Bonchev–Trinajstić information content (AvgIpc) is 2.94. The van der Waals surface area contributed by atoms with Gasteiger partial charge in [0.2, 0.25) is 0 Å². The van der Waals surface area contributed by atoms with Gasteiger partial charge in [-0.1, -0.05) is 11.6 Å². The number of methoxy groups -OCH3 is 1. The highest BCUT2D eigenvalue weighted by Crippen LogP contribution is 2.30. The lowest BCUT2D eigenvalue weighted by atomic mass is 9.97. The van der Waals surface area contributed by atoms with Crippen molar-refractivity contribution >= 4 is 23.3 Å². The van der Waals surface area contributed by atoms with E-state index in [1.54, 1.807) is 12.1 Å². The van der Waals surface area contributed by atoms with Crippen molar-refractivity contribution < 1.29 is 9.53 Å².